The van der Waals surface area contributed by atoms with Crippen molar-refractivity contribution in [1.29, 1.82) is 0 Å². The molecule has 0 bridgehead atoms. The summed E-state index contributed by atoms with van der Waals surface area (Å²) in [5, 5.41) is 0. The summed E-state index contributed by atoms with van der Waals surface area (Å²) in [7, 11) is 1.82. The highest BCUT2D eigenvalue weighted by atomic mass is 19.1. The maximum atomic E-state index is 13.9. The van der Waals surface area contributed by atoms with Crippen LogP contribution in [0.3, 0.4) is 0 Å². The second-order valence-corrected chi connectivity index (χ2v) is 5.03. The molecule has 2 N–H and O–H groups in total. The summed E-state index contributed by atoms with van der Waals surface area (Å²) < 4.78 is 19.6. The van der Waals surface area contributed by atoms with Crippen LogP contribution in [0.4, 0.5) is 16.1 Å². The van der Waals surface area contributed by atoms with E-state index < -0.39 is 0 Å². The number of benzene rings is 2. The first-order valence-electron chi connectivity index (χ1n) is 6.69. The van der Waals surface area contributed by atoms with Gasteiger partial charge in [0.1, 0.15) is 11.3 Å². The number of aromatic nitrogens is 1. The van der Waals surface area contributed by atoms with Gasteiger partial charge < -0.3 is 15.1 Å². The van der Waals surface area contributed by atoms with E-state index >= 15 is 0 Å². The maximum Gasteiger partial charge on any atom is 0.298 e. The summed E-state index contributed by atoms with van der Waals surface area (Å²) in [4.78, 5) is 6.21. The second kappa shape index (κ2) is 5.09. The van der Waals surface area contributed by atoms with Crippen molar-refractivity contribution in [1.82, 2.24) is 4.98 Å². The van der Waals surface area contributed by atoms with E-state index in [1.54, 1.807) is 35.2 Å². The Balaban J connectivity index is 1.96. The Morgan fingerprint density at radius 2 is 2.00 bits per heavy atom. The molecule has 5 heteroatoms. The average Bonchev–Trinajstić information content (AvgIpc) is 2.89. The number of anilines is 2. The quantitative estimate of drug-likeness (QED) is 0.745. The lowest BCUT2D eigenvalue weighted by Gasteiger charge is -2.23. The van der Waals surface area contributed by atoms with Crippen molar-refractivity contribution in [2.45, 2.75) is 13.0 Å². The molecule has 3 rings (SSSR count). The molecule has 1 unspecified atom stereocenters. The predicted molar refractivity (Wildman–Crippen MR) is 81.6 cm³/mol. The second-order valence-electron chi connectivity index (χ2n) is 5.03. The number of oxazole rings is 1. The Morgan fingerprint density at radius 3 is 2.76 bits per heavy atom. The highest BCUT2D eigenvalue weighted by Crippen LogP contribution is 2.29. The average molecular weight is 285 g/mol. The van der Waals surface area contributed by atoms with Gasteiger partial charge in [0.05, 0.1) is 6.04 Å². The fourth-order valence-corrected chi connectivity index (χ4v) is 2.27. The molecule has 0 saturated carbocycles. The molecule has 0 aliphatic heterocycles. The van der Waals surface area contributed by atoms with Crippen molar-refractivity contribution in [2.24, 2.45) is 0 Å². The lowest BCUT2D eigenvalue weighted by molar-refractivity contribution is 0.538. The molecule has 0 aliphatic carbocycles. The van der Waals surface area contributed by atoms with Gasteiger partial charge in [-0.05, 0) is 31.2 Å². The van der Waals surface area contributed by atoms with Crippen LogP contribution in [0.2, 0.25) is 0 Å². The fourth-order valence-electron chi connectivity index (χ4n) is 2.27. The summed E-state index contributed by atoms with van der Waals surface area (Å²) in [5.74, 6) is -0.239. The summed E-state index contributed by atoms with van der Waals surface area (Å²) in [5.41, 5.74) is 8.32. The minimum atomic E-state index is -0.239. The van der Waals surface area contributed by atoms with Crippen LogP contribution in [0.5, 0.6) is 0 Å². The zero-order valence-corrected chi connectivity index (χ0v) is 11.9. The highest BCUT2D eigenvalue weighted by Gasteiger charge is 2.20. The lowest BCUT2D eigenvalue weighted by Crippen LogP contribution is -2.22. The molecular weight excluding hydrogens is 269 g/mol. The van der Waals surface area contributed by atoms with E-state index in [1.165, 1.54) is 6.07 Å². The summed E-state index contributed by atoms with van der Waals surface area (Å²) in [6.45, 7) is 1.90. The smallest absolute Gasteiger partial charge is 0.298 e. The maximum absolute atomic E-state index is 13.9. The van der Waals surface area contributed by atoms with Crippen LogP contribution in [0, 0.1) is 5.82 Å². The van der Waals surface area contributed by atoms with Crippen LogP contribution in [-0.2, 0) is 0 Å². The zero-order valence-electron chi connectivity index (χ0n) is 11.9. The Labute approximate surface area is 122 Å². The SMILES string of the molecule is CC(c1ccccc1F)N(C)c1nc2cc(N)ccc2o1. The van der Waals surface area contributed by atoms with Crippen molar-refractivity contribution in [3.8, 4) is 0 Å². The number of nitrogens with zero attached hydrogens (tertiary/aromatic N) is 2. The topological polar surface area (TPSA) is 55.3 Å². The normalized spacial score (nSPS) is 12.5. The predicted octanol–water partition coefficient (Wildman–Crippen LogP) is 3.75. The monoisotopic (exact) mass is 285 g/mol. The van der Waals surface area contributed by atoms with Crippen LogP contribution < -0.4 is 10.6 Å². The van der Waals surface area contributed by atoms with E-state index in [0.29, 0.717) is 28.4 Å². The van der Waals surface area contributed by atoms with Gasteiger partial charge in [0, 0.05) is 18.3 Å². The van der Waals surface area contributed by atoms with Crippen LogP contribution in [0.1, 0.15) is 18.5 Å². The number of hydrogen-bond donors (Lipinski definition) is 1. The summed E-state index contributed by atoms with van der Waals surface area (Å²) in [6, 6.07) is 12.2. The molecular formula is C16H16FN3O. The van der Waals surface area contributed by atoms with Crippen LogP contribution >= 0.6 is 0 Å². The number of halogens is 1. The molecule has 21 heavy (non-hydrogen) atoms. The molecule has 1 heterocycles. The van der Waals surface area contributed by atoms with Gasteiger partial charge in [-0.2, -0.15) is 4.98 Å². The molecule has 3 aromatic rings. The van der Waals surface area contributed by atoms with Gasteiger partial charge in [0.2, 0.25) is 0 Å². The van der Waals surface area contributed by atoms with Gasteiger partial charge in [-0.25, -0.2) is 4.39 Å². The van der Waals surface area contributed by atoms with Gasteiger partial charge in [0.15, 0.2) is 5.58 Å². The Hall–Kier alpha value is -2.56. The van der Waals surface area contributed by atoms with Crippen LogP contribution in [-0.4, -0.2) is 12.0 Å². The molecule has 0 saturated heterocycles. The van der Waals surface area contributed by atoms with E-state index in [0.717, 1.165) is 0 Å². The van der Waals surface area contributed by atoms with E-state index in [4.69, 9.17) is 10.2 Å². The van der Waals surface area contributed by atoms with E-state index in [1.807, 2.05) is 20.0 Å². The summed E-state index contributed by atoms with van der Waals surface area (Å²) in [6.07, 6.45) is 0. The first-order valence-corrected chi connectivity index (χ1v) is 6.69. The van der Waals surface area contributed by atoms with Gasteiger partial charge in [-0.15, -0.1) is 0 Å². The first kappa shape index (κ1) is 13.4. The molecule has 4 nitrogen and oxygen atoms in total. The van der Waals surface area contributed by atoms with Gasteiger partial charge >= 0.3 is 0 Å². The molecule has 2 aromatic carbocycles. The first-order chi connectivity index (χ1) is 10.1. The standard InChI is InChI=1S/C16H16FN3O/c1-10(12-5-3-4-6-13(12)17)20(2)16-19-14-9-11(18)7-8-15(14)21-16/h3-10H,18H2,1-2H3. The highest BCUT2D eigenvalue weighted by molar-refractivity contribution is 5.78. The van der Waals surface area contributed by atoms with Crippen molar-refractivity contribution in [3.63, 3.8) is 0 Å². The summed E-state index contributed by atoms with van der Waals surface area (Å²) >= 11 is 0. The lowest BCUT2D eigenvalue weighted by atomic mass is 10.1. The minimum absolute atomic E-state index is 0.198. The van der Waals surface area contributed by atoms with Crippen molar-refractivity contribution in [2.75, 3.05) is 17.7 Å². The molecule has 0 amide bonds. The van der Waals surface area contributed by atoms with E-state index in [-0.39, 0.29) is 11.9 Å². The Bertz CT molecular complexity index is 784. The fraction of sp³-hybridized carbons (Fsp3) is 0.188. The van der Waals surface area contributed by atoms with Crippen molar-refractivity contribution in [3.05, 3.63) is 53.8 Å². The number of hydrogen-bond acceptors (Lipinski definition) is 4. The number of fused-ring (bicyclic) bond motifs is 1. The Kier molecular flexibility index (Phi) is 3.25. The Morgan fingerprint density at radius 1 is 1.24 bits per heavy atom. The number of rotatable bonds is 3. The largest absolute Gasteiger partial charge is 0.423 e. The van der Waals surface area contributed by atoms with Gasteiger partial charge in [-0.1, -0.05) is 18.2 Å². The minimum Gasteiger partial charge on any atom is -0.423 e. The van der Waals surface area contributed by atoms with E-state index in [9.17, 15) is 4.39 Å². The van der Waals surface area contributed by atoms with E-state index in [2.05, 4.69) is 4.98 Å². The van der Waals surface area contributed by atoms with Crippen molar-refractivity contribution >= 4 is 22.8 Å². The number of nitrogen functional groups attached to an aromatic ring is 1. The van der Waals surface area contributed by atoms with Gasteiger partial charge in [-0.3, -0.25) is 0 Å². The molecule has 108 valence electrons. The molecule has 1 aromatic heterocycles. The molecule has 0 spiro atoms. The van der Waals surface area contributed by atoms with Crippen molar-refractivity contribution < 1.29 is 8.81 Å². The molecule has 0 radical (unpaired) electrons. The third-order valence-electron chi connectivity index (χ3n) is 3.64. The number of nitrogens with two attached hydrogens (primary N) is 1. The third kappa shape index (κ3) is 2.42. The molecule has 0 fully saturated rings. The van der Waals surface area contributed by atoms with Gasteiger partial charge in [0.25, 0.3) is 6.01 Å². The molecule has 1 atom stereocenters. The van der Waals surface area contributed by atoms with Crippen LogP contribution in [0.15, 0.2) is 46.9 Å². The molecule has 0 aliphatic rings. The van der Waals surface area contributed by atoms with Crippen LogP contribution in [0.25, 0.3) is 11.1 Å². The third-order valence-corrected chi connectivity index (χ3v) is 3.64. The zero-order chi connectivity index (χ0) is 15.0.